The summed E-state index contributed by atoms with van der Waals surface area (Å²) in [5.41, 5.74) is 11.2. The SMILES string of the molecule is CSCC[C@H](NC(=O)CNC(=O)[C@H](CC(C)C)NC(=O)[C@@H](N)CCC(=O)O)C(=O)N[C@@H](CO)C(=O)N1CCC[C@H]1C(=O)N1CCC[C@H]1C(=O)NCC(=O)N[C@@H](CO)C(=O)N[C@@H](CCCCN)C(=O)O. The number of rotatable bonds is 31. The van der Waals surface area contributed by atoms with Crippen molar-refractivity contribution in [3.8, 4) is 0 Å². The van der Waals surface area contributed by atoms with Crippen molar-refractivity contribution in [3.05, 3.63) is 0 Å². The number of hydrogen-bond donors (Lipinski definition) is 13. The van der Waals surface area contributed by atoms with E-state index in [0.717, 1.165) is 0 Å². The van der Waals surface area contributed by atoms with Gasteiger partial charge in [0.15, 0.2) is 0 Å². The molecule has 0 aromatic heterocycles. The van der Waals surface area contributed by atoms with Crippen molar-refractivity contribution in [2.75, 3.05) is 57.9 Å². The van der Waals surface area contributed by atoms with Gasteiger partial charge >= 0.3 is 11.9 Å². The fourth-order valence-corrected chi connectivity index (χ4v) is 8.09. The monoisotopic (exact) mass is 1000 g/mol. The average Bonchev–Trinajstić information content (AvgIpc) is 4.01. The first-order valence-electron chi connectivity index (χ1n) is 23.0. The summed E-state index contributed by atoms with van der Waals surface area (Å²) in [4.78, 5) is 144. The van der Waals surface area contributed by atoms with Crippen LogP contribution in [0.2, 0.25) is 0 Å². The highest BCUT2D eigenvalue weighted by atomic mass is 32.2. The lowest BCUT2D eigenvalue weighted by Crippen LogP contribution is -2.59. The largest absolute Gasteiger partial charge is 0.481 e. The quantitative estimate of drug-likeness (QED) is 0.0289. The van der Waals surface area contributed by atoms with Crippen LogP contribution < -0.4 is 48.7 Å². The Hall–Kier alpha value is -5.64. The van der Waals surface area contributed by atoms with Crippen molar-refractivity contribution in [3.63, 3.8) is 0 Å². The molecule has 0 aromatic carbocycles. The molecule has 2 fully saturated rings. The van der Waals surface area contributed by atoms with Crippen LogP contribution >= 0.6 is 11.8 Å². The number of unbranched alkanes of at least 4 members (excludes halogenated alkanes) is 1. The number of carboxylic acids is 2. The van der Waals surface area contributed by atoms with Crippen LogP contribution in [0.15, 0.2) is 0 Å². The highest BCUT2D eigenvalue weighted by Crippen LogP contribution is 2.26. The van der Waals surface area contributed by atoms with Crippen molar-refractivity contribution in [2.24, 2.45) is 17.4 Å². The molecule has 0 bridgehead atoms. The number of amides is 9. The van der Waals surface area contributed by atoms with Crippen molar-refractivity contribution < 1.29 is 73.2 Å². The Morgan fingerprint density at radius 2 is 1.22 bits per heavy atom. The average molecular weight is 1000 g/mol. The third-order valence-corrected chi connectivity index (χ3v) is 12.0. The molecule has 0 saturated carbocycles. The second-order valence-corrected chi connectivity index (χ2v) is 18.2. The van der Waals surface area contributed by atoms with Gasteiger partial charge in [-0.05, 0) is 88.7 Å². The lowest BCUT2D eigenvalue weighted by molar-refractivity contribution is -0.148. The zero-order valence-corrected chi connectivity index (χ0v) is 40.2. The molecule has 26 nitrogen and oxygen atoms in total. The van der Waals surface area contributed by atoms with Crippen LogP contribution in [0.3, 0.4) is 0 Å². The maximum absolute atomic E-state index is 14.0. The first-order chi connectivity index (χ1) is 32.7. The molecule has 15 N–H and O–H groups in total. The van der Waals surface area contributed by atoms with Crippen molar-refractivity contribution in [2.45, 2.75) is 133 Å². The second-order valence-electron chi connectivity index (χ2n) is 17.2. The number of aliphatic hydroxyl groups excluding tert-OH is 2. The van der Waals surface area contributed by atoms with E-state index in [2.05, 4.69) is 37.2 Å². The number of nitrogens with zero attached hydrogens (tertiary/aromatic N) is 2. The van der Waals surface area contributed by atoms with Gasteiger partial charge in [0.05, 0.1) is 32.3 Å². The van der Waals surface area contributed by atoms with E-state index in [1.165, 1.54) is 21.6 Å². The van der Waals surface area contributed by atoms with E-state index >= 15 is 0 Å². The summed E-state index contributed by atoms with van der Waals surface area (Å²) in [6.07, 6.45) is 3.65. The van der Waals surface area contributed by atoms with Gasteiger partial charge in [-0.25, -0.2) is 4.79 Å². The van der Waals surface area contributed by atoms with E-state index in [-0.39, 0.29) is 64.0 Å². The predicted octanol–water partition coefficient (Wildman–Crippen LogP) is -5.19. The van der Waals surface area contributed by atoms with Gasteiger partial charge in [-0.1, -0.05) is 13.8 Å². The number of carbonyl (C=O) groups is 11. The first kappa shape index (κ1) is 59.5. The molecule has 2 saturated heterocycles. The van der Waals surface area contributed by atoms with E-state index in [4.69, 9.17) is 16.6 Å². The molecule has 0 aliphatic carbocycles. The van der Waals surface area contributed by atoms with Gasteiger partial charge in [-0.15, -0.1) is 0 Å². The fourth-order valence-electron chi connectivity index (χ4n) is 7.62. The Labute approximate surface area is 404 Å². The Balaban J connectivity index is 2.04. The number of nitrogens with two attached hydrogens (primary N) is 2. The van der Waals surface area contributed by atoms with E-state index in [9.17, 15) is 68.1 Å². The molecule has 0 unspecified atom stereocenters. The van der Waals surface area contributed by atoms with E-state index in [1.54, 1.807) is 20.1 Å². The lowest BCUT2D eigenvalue weighted by atomic mass is 10.0. The van der Waals surface area contributed by atoms with Crippen molar-refractivity contribution >= 4 is 76.9 Å². The zero-order chi connectivity index (χ0) is 51.8. The lowest BCUT2D eigenvalue weighted by Gasteiger charge is -2.33. The Morgan fingerprint density at radius 1 is 0.652 bits per heavy atom. The Kier molecular flexibility index (Phi) is 26.5. The number of thioether (sulfide) groups is 1. The summed E-state index contributed by atoms with van der Waals surface area (Å²) >= 11 is 1.36. The number of aliphatic hydroxyl groups is 2. The molecule has 0 radical (unpaired) electrons. The molecule has 2 aliphatic heterocycles. The van der Waals surface area contributed by atoms with Crippen LogP contribution in [-0.2, 0) is 52.7 Å². The summed E-state index contributed by atoms with van der Waals surface area (Å²) < 4.78 is 0. The van der Waals surface area contributed by atoms with Gasteiger partial charge in [0, 0.05) is 19.5 Å². The Morgan fingerprint density at radius 3 is 1.80 bits per heavy atom. The summed E-state index contributed by atoms with van der Waals surface area (Å²) in [5, 5.41) is 55.2. The molecule has 8 atom stereocenters. The predicted molar refractivity (Wildman–Crippen MR) is 247 cm³/mol. The minimum atomic E-state index is -1.55. The smallest absolute Gasteiger partial charge is 0.326 e. The van der Waals surface area contributed by atoms with Crippen LogP contribution in [0.1, 0.15) is 84.5 Å². The highest BCUT2D eigenvalue weighted by molar-refractivity contribution is 7.98. The second kappa shape index (κ2) is 30.8. The molecular weight excluding hydrogens is 931 g/mol. The number of nitrogens with one attached hydrogen (secondary N) is 7. The van der Waals surface area contributed by atoms with Crippen LogP contribution in [0.25, 0.3) is 0 Å². The summed E-state index contributed by atoms with van der Waals surface area (Å²) in [6, 6.07) is -10.0. The molecule has 2 aliphatic rings. The van der Waals surface area contributed by atoms with Crippen LogP contribution in [0, 0.1) is 5.92 Å². The molecule has 390 valence electrons. The Bertz CT molecular complexity index is 1810. The number of carbonyl (C=O) groups excluding carboxylic acids is 9. The maximum atomic E-state index is 14.0. The van der Waals surface area contributed by atoms with E-state index in [0.29, 0.717) is 38.0 Å². The molecule has 0 aromatic rings. The molecule has 2 rings (SSSR count). The maximum Gasteiger partial charge on any atom is 0.326 e. The number of hydrogen-bond acceptors (Lipinski definition) is 16. The van der Waals surface area contributed by atoms with Crippen molar-refractivity contribution in [1.82, 2.24) is 47.0 Å². The van der Waals surface area contributed by atoms with Gasteiger partial charge in [0.2, 0.25) is 53.2 Å². The van der Waals surface area contributed by atoms with E-state index < -0.39 is 140 Å². The zero-order valence-electron chi connectivity index (χ0n) is 39.4. The van der Waals surface area contributed by atoms with Gasteiger partial charge in [-0.3, -0.25) is 47.9 Å². The molecule has 9 amide bonds. The van der Waals surface area contributed by atoms with Crippen LogP contribution in [-0.4, -0.2) is 202 Å². The third-order valence-electron chi connectivity index (χ3n) is 11.3. The van der Waals surface area contributed by atoms with Crippen LogP contribution in [0.5, 0.6) is 0 Å². The summed E-state index contributed by atoms with van der Waals surface area (Å²) in [7, 11) is 0. The number of likely N-dealkylation sites (tertiary alicyclic amines) is 2. The number of aliphatic carboxylic acids is 2. The van der Waals surface area contributed by atoms with E-state index in [1.807, 2.05) is 0 Å². The molecular formula is C42H71N11O15S. The third kappa shape index (κ3) is 20.1. The molecule has 0 spiro atoms. The standard InChI is InChI=1S/C42H71N11O15S/c1-23(2)18-27(50-35(60)24(44)11-12-34(58)59)36(61)45-19-32(56)47-25(13-17-69-3)37(62)51-29(22-55)40(65)53-16-7-10-31(53)41(66)52-15-6-9-30(52)39(64)46-20-33(57)48-28(21-54)38(63)49-26(42(67)68)8-4-5-14-43/h23-31,54-55H,4-22,43-44H2,1-3H3,(H,45,61)(H,46,64)(H,47,56)(H,48,57)(H,49,63)(H,50,60)(H,51,62)(H,58,59)(H,67,68)/t24-,25-,26-,27-,28-,29-,30-,31-/m0/s1. The first-order valence-corrected chi connectivity index (χ1v) is 24.4. The molecule has 69 heavy (non-hydrogen) atoms. The van der Waals surface area contributed by atoms with Crippen molar-refractivity contribution in [1.29, 1.82) is 0 Å². The van der Waals surface area contributed by atoms with Gasteiger partial charge < -0.3 is 78.9 Å². The topological polar surface area (TPSA) is 411 Å². The fraction of sp³-hybridized carbons (Fsp3) is 0.738. The van der Waals surface area contributed by atoms with Gasteiger partial charge in [0.25, 0.3) is 0 Å². The minimum Gasteiger partial charge on any atom is -0.481 e. The molecule has 27 heteroatoms. The molecule has 2 heterocycles. The minimum absolute atomic E-state index is 0.0685. The summed E-state index contributed by atoms with van der Waals surface area (Å²) in [6.45, 7) is 1.09. The van der Waals surface area contributed by atoms with Gasteiger partial charge in [-0.2, -0.15) is 11.8 Å². The number of carboxylic acid groups (broad SMARTS) is 2. The summed E-state index contributed by atoms with van der Waals surface area (Å²) in [5.74, 6) is -9.22. The normalized spacial score (nSPS) is 18.1. The van der Waals surface area contributed by atoms with Crippen LogP contribution in [0.4, 0.5) is 0 Å². The highest BCUT2D eigenvalue weighted by Gasteiger charge is 2.44. The van der Waals surface area contributed by atoms with Gasteiger partial charge in [0.1, 0.15) is 42.3 Å².